The lowest BCUT2D eigenvalue weighted by molar-refractivity contribution is 0.303. The van der Waals surface area contributed by atoms with Crippen LogP contribution in [0.1, 0.15) is 0 Å². The van der Waals surface area contributed by atoms with Gasteiger partial charge in [-0.2, -0.15) is 17.0 Å². The fourth-order valence-corrected chi connectivity index (χ4v) is 4.81. The Labute approximate surface area is 123 Å². The first-order valence-corrected chi connectivity index (χ1v) is 9.06. The van der Waals surface area contributed by atoms with Crippen LogP contribution in [-0.2, 0) is 10.2 Å². The van der Waals surface area contributed by atoms with Gasteiger partial charge in [0.05, 0.1) is 0 Å². The van der Waals surface area contributed by atoms with E-state index in [9.17, 15) is 8.42 Å². The van der Waals surface area contributed by atoms with E-state index in [1.165, 1.54) is 0 Å². The third-order valence-electron chi connectivity index (χ3n) is 3.66. The van der Waals surface area contributed by atoms with Crippen molar-refractivity contribution in [2.75, 3.05) is 57.3 Å². The van der Waals surface area contributed by atoms with Gasteiger partial charge >= 0.3 is 0 Å². The Kier molecular flexibility index (Phi) is 4.22. The SMILES string of the molecule is O=S(=O)(N1CCNCC1)N1CCN(c2nccs2)CC1. The van der Waals surface area contributed by atoms with Crippen LogP contribution in [-0.4, -0.2) is 74.4 Å². The zero-order valence-corrected chi connectivity index (χ0v) is 12.9. The minimum atomic E-state index is -3.29. The second-order valence-electron chi connectivity index (χ2n) is 4.86. The molecule has 0 unspecified atom stereocenters. The standard InChI is InChI=1S/C11H19N5O2S2/c17-20(18,15-4-1-12-2-5-15)16-8-6-14(7-9-16)11-13-3-10-19-11/h3,10,12H,1-2,4-9H2. The number of rotatable bonds is 3. The predicted octanol–water partition coefficient (Wildman–Crippen LogP) is -0.585. The summed E-state index contributed by atoms with van der Waals surface area (Å²) in [5, 5.41) is 6.10. The fourth-order valence-electron chi connectivity index (χ4n) is 2.52. The molecule has 7 nitrogen and oxygen atoms in total. The van der Waals surface area contributed by atoms with Crippen molar-refractivity contribution in [3.8, 4) is 0 Å². The molecule has 0 saturated carbocycles. The van der Waals surface area contributed by atoms with Crippen molar-refractivity contribution < 1.29 is 8.42 Å². The van der Waals surface area contributed by atoms with Crippen LogP contribution in [0, 0.1) is 0 Å². The van der Waals surface area contributed by atoms with Gasteiger partial charge in [0.25, 0.3) is 10.2 Å². The van der Waals surface area contributed by atoms with E-state index in [1.807, 2.05) is 5.38 Å². The zero-order valence-electron chi connectivity index (χ0n) is 11.2. The van der Waals surface area contributed by atoms with E-state index in [1.54, 1.807) is 26.1 Å². The summed E-state index contributed by atoms with van der Waals surface area (Å²) in [5.74, 6) is 0. The van der Waals surface area contributed by atoms with Crippen molar-refractivity contribution >= 4 is 26.7 Å². The molecule has 3 rings (SSSR count). The molecule has 2 aliphatic rings. The maximum atomic E-state index is 12.5. The lowest BCUT2D eigenvalue weighted by atomic mass is 10.4. The van der Waals surface area contributed by atoms with Gasteiger partial charge in [-0.1, -0.05) is 0 Å². The number of thiazole rings is 1. The Morgan fingerprint density at radius 2 is 1.70 bits per heavy atom. The highest BCUT2D eigenvalue weighted by atomic mass is 32.2. The van der Waals surface area contributed by atoms with Gasteiger partial charge < -0.3 is 10.2 Å². The molecule has 2 fully saturated rings. The molecule has 112 valence electrons. The Morgan fingerprint density at radius 3 is 2.30 bits per heavy atom. The lowest BCUT2D eigenvalue weighted by Gasteiger charge is -2.37. The highest BCUT2D eigenvalue weighted by Crippen LogP contribution is 2.20. The van der Waals surface area contributed by atoms with E-state index >= 15 is 0 Å². The average Bonchev–Trinajstić information content (AvgIpc) is 3.02. The minimum absolute atomic E-state index is 0.534. The van der Waals surface area contributed by atoms with Crippen molar-refractivity contribution in [2.45, 2.75) is 0 Å². The molecule has 0 atom stereocenters. The highest BCUT2D eigenvalue weighted by Gasteiger charge is 2.33. The second kappa shape index (κ2) is 5.94. The third kappa shape index (κ3) is 2.82. The van der Waals surface area contributed by atoms with Gasteiger partial charge in [0.2, 0.25) is 0 Å². The smallest absolute Gasteiger partial charge is 0.282 e. The van der Waals surface area contributed by atoms with Crippen LogP contribution in [0.25, 0.3) is 0 Å². The number of piperazine rings is 2. The van der Waals surface area contributed by atoms with Crippen LogP contribution in [0.4, 0.5) is 5.13 Å². The Bertz CT molecular complexity index is 519. The maximum Gasteiger partial charge on any atom is 0.282 e. The molecule has 0 amide bonds. The topological polar surface area (TPSA) is 68.8 Å². The van der Waals surface area contributed by atoms with Crippen LogP contribution >= 0.6 is 11.3 Å². The molecular formula is C11H19N5O2S2. The van der Waals surface area contributed by atoms with Gasteiger partial charge in [0, 0.05) is 63.9 Å². The summed E-state index contributed by atoms with van der Waals surface area (Å²) >= 11 is 1.59. The van der Waals surface area contributed by atoms with Gasteiger partial charge in [0.1, 0.15) is 0 Å². The van der Waals surface area contributed by atoms with E-state index < -0.39 is 10.2 Å². The lowest BCUT2D eigenvalue weighted by Crippen LogP contribution is -2.56. The summed E-state index contributed by atoms with van der Waals surface area (Å²) in [6.45, 7) is 5.08. The fraction of sp³-hybridized carbons (Fsp3) is 0.727. The Hall–Kier alpha value is -0.740. The van der Waals surface area contributed by atoms with E-state index in [0.29, 0.717) is 39.3 Å². The molecule has 0 aliphatic carbocycles. The molecule has 2 saturated heterocycles. The number of hydrogen-bond donors (Lipinski definition) is 1. The Morgan fingerprint density at radius 1 is 1.05 bits per heavy atom. The molecule has 0 spiro atoms. The van der Waals surface area contributed by atoms with Gasteiger partial charge in [0.15, 0.2) is 5.13 Å². The largest absolute Gasteiger partial charge is 0.345 e. The summed E-state index contributed by atoms with van der Waals surface area (Å²) in [4.78, 5) is 6.42. The molecule has 1 aromatic heterocycles. The number of hydrogen-bond acceptors (Lipinski definition) is 6. The predicted molar refractivity (Wildman–Crippen MR) is 79.3 cm³/mol. The minimum Gasteiger partial charge on any atom is -0.345 e. The monoisotopic (exact) mass is 317 g/mol. The maximum absolute atomic E-state index is 12.5. The molecular weight excluding hydrogens is 298 g/mol. The van der Waals surface area contributed by atoms with E-state index in [-0.39, 0.29) is 0 Å². The quantitative estimate of drug-likeness (QED) is 0.807. The summed E-state index contributed by atoms with van der Waals surface area (Å²) in [7, 11) is -3.29. The molecule has 20 heavy (non-hydrogen) atoms. The number of anilines is 1. The van der Waals surface area contributed by atoms with Crippen molar-refractivity contribution in [2.24, 2.45) is 0 Å². The third-order valence-corrected chi connectivity index (χ3v) is 6.52. The van der Waals surface area contributed by atoms with Gasteiger partial charge in [-0.05, 0) is 0 Å². The summed E-state index contributed by atoms with van der Waals surface area (Å²) in [5.41, 5.74) is 0. The number of nitrogens with zero attached hydrogens (tertiary/aromatic N) is 4. The van der Waals surface area contributed by atoms with Gasteiger partial charge in [-0.3, -0.25) is 0 Å². The number of aromatic nitrogens is 1. The van der Waals surface area contributed by atoms with Gasteiger partial charge in [-0.15, -0.1) is 11.3 Å². The summed E-state index contributed by atoms with van der Waals surface area (Å²) in [6, 6.07) is 0. The molecule has 0 bridgehead atoms. The first kappa shape index (κ1) is 14.2. The normalized spacial score (nSPS) is 23.1. The van der Waals surface area contributed by atoms with Crippen LogP contribution < -0.4 is 10.2 Å². The van der Waals surface area contributed by atoms with E-state index in [2.05, 4.69) is 15.2 Å². The van der Waals surface area contributed by atoms with E-state index in [0.717, 1.165) is 18.2 Å². The number of nitrogens with one attached hydrogen (secondary N) is 1. The molecule has 1 N–H and O–H groups in total. The van der Waals surface area contributed by atoms with E-state index in [4.69, 9.17) is 0 Å². The second-order valence-corrected chi connectivity index (χ2v) is 7.66. The molecule has 2 aliphatic heterocycles. The van der Waals surface area contributed by atoms with Crippen LogP contribution in [0.3, 0.4) is 0 Å². The molecule has 0 radical (unpaired) electrons. The van der Waals surface area contributed by atoms with Crippen LogP contribution in [0.15, 0.2) is 11.6 Å². The average molecular weight is 317 g/mol. The molecule has 1 aromatic rings. The van der Waals surface area contributed by atoms with Crippen molar-refractivity contribution in [1.82, 2.24) is 18.9 Å². The molecule has 0 aromatic carbocycles. The van der Waals surface area contributed by atoms with Crippen molar-refractivity contribution in [3.63, 3.8) is 0 Å². The molecule has 9 heteroatoms. The van der Waals surface area contributed by atoms with Crippen LogP contribution in [0.5, 0.6) is 0 Å². The highest BCUT2D eigenvalue weighted by molar-refractivity contribution is 7.86. The zero-order chi connectivity index (χ0) is 14.0. The van der Waals surface area contributed by atoms with Crippen molar-refractivity contribution in [1.29, 1.82) is 0 Å². The summed E-state index contributed by atoms with van der Waals surface area (Å²) in [6.07, 6.45) is 1.78. The van der Waals surface area contributed by atoms with Gasteiger partial charge in [-0.25, -0.2) is 4.98 Å². The van der Waals surface area contributed by atoms with Crippen LogP contribution in [0.2, 0.25) is 0 Å². The first-order valence-electron chi connectivity index (χ1n) is 6.78. The van der Waals surface area contributed by atoms with Crippen molar-refractivity contribution in [3.05, 3.63) is 11.6 Å². The first-order chi connectivity index (χ1) is 9.68. The summed E-state index contributed by atoms with van der Waals surface area (Å²) < 4.78 is 28.2. The molecule has 3 heterocycles. The Balaban J connectivity index is 1.62.